The van der Waals surface area contributed by atoms with Crippen LogP contribution in [0.1, 0.15) is 19.4 Å². The highest BCUT2D eigenvalue weighted by atomic mass is 16.5. The van der Waals surface area contributed by atoms with E-state index in [0.717, 1.165) is 0 Å². The van der Waals surface area contributed by atoms with Gasteiger partial charge in [0.05, 0.1) is 20.4 Å². The first-order chi connectivity index (χ1) is 13.8. The number of ether oxygens (including phenoxy) is 2. The molecule has 0 aliphatic rings. The predicted octanol–water partition coefficient (Wildman–Crippen LogP) is 2.77. The van der Waals surface area contributed by atoms with Gasteiger partial charge in [0, 0.05) is 5.69 Å². The maximum absolute atomic E-state index is 12.6. The predicted molar refractivity (Wildman–Crippen MR) is 110 cm³/mol. The number of rotatable bonds is 8. The molecule has 0 bridgehead atoms. The van der Waals surface area contributed by atoms with Gasteiger partial charge in [-0.1, -0.05) is 13.8 Å². The first kappa shape index (κ1) is 21.7. The number of phenolic OH excluding ortho intramolecular Hbond substituents is 1. The Morgan fingerprint density at radius 2 is 1.72 bits per heavy atom. The number of nitrogens with zero attached hydrogens (tertiary/aromatic N) is 1. The van der Waals surface area contributed by atoms with Crippen LogP contribution in [0.3, 0.4) is 0 Å². The Balaban J connectivity index is 2.03. The average molecular weight is 399 g/mol. The zero-order valence-electron chi connectivity index (χ0n) is 16.8. The molecule has 2 aromatic carbocycles. The van der Waals surface area contributed by atoms with E-state index in [-0.39, 0.29) is 11.7 Å². The van der Waals surface area contributed by atoms with Crippen LogP contribution >= 0.6 is 0 Å². The van der Waals surface area contributed by atoms with Crippen LogP contribution in [-0.2, 0) is 9.59 Å². The van der Waals surface area contributed by atoms with E-state index < -0.39 is 17.7 Å². The van der Waals surface area contributed by atoms with Crippen molar-refractivity contribution < 1.29 is 24.2 Å². The van der Waals surface area contributed by atoms with Crippen molar-refractivity contribution in [2.75, 3.05) is 19.5 Å². The third-order valence-corrected chi connectivity index (χ3v) is 4.18. The Bertz CT molecular complexity index is 878. The van der Waals surface area contributed by atoms with Crippen molar-refractivity contribution >= 4 is 23.7 Å². The monoisotopic (exact) mass is 399 g/mol. The largest absolute Gasteiger partial charge is 0.504 e. The number of nitrogens with one attached hydrogen (secondary N) is 2. The molecule has 1 unspecified atom stereocenters. The Morgan fingerprint density at radius 3 is 2.31 bits per heavy atom. The fourth-order valence-corrected chi connectivity index (χ4v) is 2.63. The van der Waals surface area contributed by atoms with Gasteiger partial charge in [-0.15, -0.1) is 0 Å². The molecule has 0 heterocycles. The second-order valence-electron chi connectivity index (χ2n) is 6.60. The van der Waals surface area contributed by atoms with Gasteiger partial charge < -0.3 is 19.9 Å². The average Bonchev–Trinajstić information content (AvgIpc) is 2.69. The summed E-state index contributed by atoms with van der Waals surface area (Å²) in [7, 11) is 2.99. The van der Waals surface area contributed by atoms with Crippen molar-refractivity contribution in [3.63, 3.8) is 0 Å². The lowest BCUT2D eigenvalue weighted by Gasteiger charge is -2.18. The van der Waals surface area contributed by atoms with E-state index in [0.29, 0.717) is 22.7 Å². The number of hydrazone groups is 1. The first-order valence-electron chi connectivity index (χ1n) is 9.00. The van der Waals surface area contributed by atoms with Crippen LogP contribution in [0.2, 0.25) is 0 Å². The van der Waals surface area contributed by atoms with Gasteiger partial charge in [0.1, 0.15) is 11.7 Å². The number of methoxy groups -OCH3 is 2. The summed E-state index contributed by atoms with van der Waals surface area (Å²) in [5.41, 5.74) is 3.57. The van der Waals surface area contributed by atoms with Crippen molar-refractivity contribution in [3.05, 3.63) is 48.0 Å². The summed E-state index contributed by atoms with van der Waals surface area (Å²) in [5.74, 6) is -1.15. The number of hydrogen-bond acceptors (Lipinski definition) is 6. The van der Waals surface area contributed by atoms with Crippen molar-refractivity contribution in [2.24, 2.45) is 16.9 Å². The Kier molecular flexibility index (Phi) is 7.59. The molecule has 3 N–H and O–H groups in total. The third-order valence-electron chi connectivity index (χ3n) is 4.18. The van der Waals surface area contributed by atoms with Gasteiger partial charge in [-0.25, -0.2) is 5.43 Å². The Hall–Kier alpha value is -3.55. The zero-order valence-corrected chi connectivity index (χ0v) is 16.8. The maximum Gasteiger partial charge on any atom is 0.252 e. The maximum atomic E-state index is 12.6. The first-order valence-corrected chi connectivity index (χ1v) is 9.00. The number of phenols is 1. The highest BCUT2D eigenvalue weighted by Gasteiger charge is 2.29. The molecule has 0 aromatic heterocycles. The van der Waals surface area contributed by atoms with Gasteiger partial charge in [0.2, 0.25) is 5.91 Å². The van der Waals surface area contributed by atoms with Gasteiger partial charge in [-0.2, -0.15) is 5.10 Å². The number of amides is 2. The molecule has 2 rings (SSSR count). The minimum atomic E-state index is -0.927. The quantitative estimate of drug-likeness (QED) is 0.359. The molecule has 0 saturated carbocycles. The van der Waals surface area contributed by atoms with E-state index >= 15 is 0 Å². The van der Waals surface area contributed by atoms with Crippen molar-refractivity contribution in [2.45, 2.75) is 13.8 Å². The van der Waals surface area contributed by atoms with E-state index in [1.807, 2.05) is 0 Å². The van der Waals surface area contributed by atoms with Gasteiger partial charge in [0.15, 0.2) is 11.5 Å². The lowest BCUT2D eigenvalue weighted by atomic mass is 9.94. The molecule has 0 aliphatic carbocycles. The molecule has 0 fully saturated rings. The lowest BCUT2D eigenvalue weighted by Crippen LogP contribution is -2.39. The van der Waals surface area contributed by atoms with Crippen LogP contribution in [0, 0.1) is 11.8 Å². The third kappa shape index (κ3) is 5.97. The van der Waals surface area contributed by atoms with Crippen molar-refractivity contribution in [1.29, 1.82) is 0 Å². The molecule has 8 nitrogen and oxygen atoms in total. The molecule has 0 saturated heterocycles. The van der Waals surface area contributed by atoms with Gasteiger partial charge in [-0.3, -0.25) is 9.59 Å². The number of anilines is 1. The summed E-state index contributed by atoms with van der Waals surface area (Å²) in [6.45, 7) is 3.57. The Labute approximate surface area is 169 Å². The minimum Gasteiger partial charge on any atom is -0.504 e. The molecule has 0 aliphatic heterocycles. The zero-order chi connectivity index (χ0) is 21.4. The highest BCUT2D eigenvalue weighted by Crippen LogP contribution is 2.25. The van der Waals surface area contributed by atoms with E-state index in [2.05, 4.69) is 15.8 Å². The van der Waals surface area contributed by atoms with Gasteiger partial charge in [0.25, 0.3) is 5.91 Å². The van der Waals surface area contributed by atoms with Gasteiger partial charge >= 0.3 is 0 Å². The van der Waals surface area contributed by atoms with E-state index in [4.69, 9.17) is 9.47 Å². The summed E-state index contributed by atoms with van der Waals surface area (Å²) in [6, 6.07) is 11.5. The smallest absolute Gasteiger partial charge is 0.252 e. The van der Waals surface area contributed by atoms with E-state index in [9.17, 15) is 14.7 Å². The number of benzene rings is 2. The highest BCUT2D eigenvalue weighted by molar-refractivity contribution is 6.06. The topological polar surface area (TPSA) is 109 Å². The van der Waals surface area contributed by atoms with Crippen LogP contribution in [0.5, 0.6) is 17.2 Å². The van der Waals surface area contributed by atoms with Crippen LogP contribution in [-0.4, -0.2) is 37.4 Å². The molecule has 8 heteroatoms. The normalized spacial score (nSPS) is 11.9. The minimum absolute atomic E-state index is 0.00348. The molecule has 1 atom stereocenters. The SMILES string of the molecule is COc1ccc(NC(=O)C(C(=O)NN=Cc2ccc(O)c(OC)c2)C(C)C)cc1. The molecular formula is C21H25N3O5. The molecule has 2 amide bonds. The molecule has 29 heavy (non-hydrogen) atoms. The number of aromatic hydroxyl groups is 1. The summed E-state index contributed by atoms with van der Waals surface area (Å²) in [6.07, 6.45) is 1.40. The van der Waals surface area contributed by atoms with Crippen molar-refractivity contribution in [3.8, 4) is 17.2 Å². The lowest BCUT2D eigenvalue weighted by molar-refractivity contribution is -0.134. The Morgan fingerprint density at radius 1 is 1.03 bits per heavy atom. The number of carbonyl (C=O) groups is 2. The second-order valence-corrected chi connectivity index (χ2v) is 6.60. The summed E-state index contributed by atoms with van der Waals surface area (Å²) in [4.78, 5) is 25.1. The molecule has 154 valence electrons. The second kappa shape index (κ2) is 10.1. The molecule has 0 radical (unpaired) electrons. The standard InChI is InChI=1S/C21H25N3O5/c1-13(2)19(20(26)23-15-6-8-16(28-3)9-7-15)21(27)24-22-12-14-5-10-17(25)18(11-14)29-4/h5-13,19,25H,1-4H3,(H,23,26)(H,24,27). The number of carbonyl (C=O) groups excluding carboxylic acids is 2. The fourth-order valence-electron chi connectivity index (χ4n) is 2.63. The molecule has 0 spiro atoms. The van der Waals surface area contributed by atoms with Crippen LogP contribution < -0.4 is 20.2 Å². The van der Waals surface area contributed by atoms with E-state index in [1.54, 1.807) is 57.4 Å². The van der Waals surface area contributed by atoms with E-state index in [1.165, 1.54) is 19.4 Å². The van der Waals surface area contributed by atoms with Crippen LogP contribution in [0.4, 0.5) is 5.69 Å². The van der Waals surface area contributed by atoms with Crippen molar-refractivity contribution in [1.82, 2.24) is 5.43 Å². The summed E-state index contributed by atoms with van der Waals surface area (Å²) < 4.78 is 10.1. The van der Waals surface area contributed by atoms with Crippen LogP contribution in [0.15, 0.2) is 47.6 Å². The van der Waals surface area contributed by atoms with Crippen LogP contribution in [0.25, 0.3) is 0 Å². The number of hydrogen-bond donors (Lipinski definition) is 3. The molecular weight excluding hydrogens is 374 g/mol. The summed E-state index contributed by atoms with van der Waals surface area (Å²) in [5, 5.41) is 16.2. The fraction of sp³-hybridized carbons (Fsp3) is 0.286. The molecule has 2 aromatic rings. The van der Waals surface area contributed by atoms with Gasteiger partial charge in [-0.05, 0) is 53.9 Å². The summed E-state index contributed by atoms with van der Waals surface area (Å²) >= 11 is 0.